The van der Waals surface area contributed by atoms with Gasteiger partial charge in [-0.1, -0.05) is 12.2 Å². The summed E-state index contributed by atoms with van der Waals surface area (Å²) in [5, 5.41) is 16.1. The molecule has 1 aromatic rings. The van der Waals surface area contributed by atoms with Crippen LogP contribution in [-0.4, -0.2) is 33.8 Å². The van der Waals surface area contributed by atoms with Crippen LogP contribution in [0, 0.1) is 40.7 Å². The van der Waals surface area contributed by atoms with Gasteiger partial charge in [0.1, 0.15) is 6.17 Å². The first-order valence-corrected chi connectivity index (χ1v) is 9.65. The first kappa shape index (κ1) is 19.1. The van der Waals surface area contributed by atoms with E-state index in [-0.39, 0.29) is 41.2 Å². The van der Waals surface area contributed by atoms with Crippen LogP contribution in [0.4, 0.5) is 16.2 Å². The lowest BCUT2D eigenvalue weighted by Crippen LogP contribution is -2.50. The maximum atomic E-state index is 12.9. The van der Waals surface area contributed by atoms with E-state index in [0.29, 0.717) is 11.3 Å². The second-order valence-electron chi connectivity index (χ2n) is 7.92. The van der Waals surface area contributed by atoms with Crippen LogP contribution >= 0.6 is 0 Å². The predicted molar refractivity (Wildman–Crippen MR) is 104 cm³/mol. The standard InChI is InChI=1S/C20H22N4O5/c1-10-9-14(24(28)29)7-8-15(10)22-20(27)21-11(2)23-18(25)16-12-3-4-13(6-5-12)17(16)19(23)26/h3-4,7-9,11-13,16-17H,5-6H2,1-2H3,(H2,21,22,27)/t11-,12-,13-,16+,17+/m0/s1. The molecule has 1 saturated carbocycles. The average molecular weight is 398 g/mol. The number of nitro benzene ring substituents is 1. The molecule has 2 bridgehead atoms. The molecule has 5 rings (SSSR count). The first-order valence-electron chi connectivity index (χ1n) is 9.65. The Morgan fingerprint density at radius 3 is 2.24 bits per heavy atom. The van der Waals surface area contributed by atoms with E-state index >= 15 is 0 Å². The molecule has 1 saturated heterocycles. The van der Waals surface area contributed by atoms with Crippen molar-refractivity contribution in [3.8, 4) is 0 Å². The topological polar surface area (TPSA) is 122 Å². The number of nitrogens with one attached hydrogen (secondary N) is 2. The van der Waals surface area contributed by atoms with Gasteiger partial charge in [0.2, 0.25) is 11.8 Å². The van der Waals surface area contributed by atoms with Gasteiger partial charge in [-0.2, -0.15) is 0 Å². The Balaban J connectivity index is 1.44. The number of carbonyl (C=O) groups excluding carboxylic acids is 3. The van der Waals surface area contributed by atoms with Crippen LogP contribution in [0.5, 0.6) is 0 Å². The lowest BCUT2D eigenvalue weighted by Gasteiger charge is -2.38. The number of amides is 4. The highest BCUT2D eigenvalue weighted by Gasteiger charge is 2.57. The Morgan fingerprint density at radius 1 is 1.17 bits per heavy atom. The third kappa shape index (κ3) is 3.16. The number of hydrogen-bond acceptors (Lipinski definition) is 5. The fourth-order valence-corrected chi connectivity index (χ4v) is 4.79. The van der Waals surface area contributed by atoms with Crippen molar-refractivity contribution in [2.75, 3.05) is 5.32 Å². The number of fused-ring (bicyclic) bond motifs is 1. The lowest BCUT2D eigenvalue weighted by molar-refractivity contribution is -0.384. The molecule has 2 fully saturated rings. The minimum atomic E-state index is -0.793. The van der Waals surface area contributed by atoms with Crippen LogP contribution in [0.25, 0.3) is 0 Å². The molecule has 2 N–H and O–H groups in total. The van der Waals surface area contributed by atoms with E-state index in [9.17, 15) is 24.5 Å². The SMILES string of the molecule is Cc1cc([N+](=O)[O-])ccc1NC(=O)N[C@H](C)N1C(=O)[C@H]2[C@H](C1=O)[C@H]1C=C[C@H]2CC1. The Labute approximate surface area is 167 Å². The lowest BCUT2D eigenvalue weighted by atomic mass is 9.63. The molecule has 3 aliphatic carbocycles. The molecule has 1 aliphatic heterocycles. The number of likely N-dealkylation sites (tertiary alicyclic amines) is 1. The minimum absolute atomic E-state index is 0.0686. The summed E-state index contributed by atoms with van der Waals surface area (Å²) in [7, 11) is 0. The molecule has 4 aliphatic rings. The van der Waals surface area contributed by atoms with Crippen molar-refractivity contribution in [1.29, 1.82) is 0 Å². The zero-order chi connectivity index (χ0) is 20.9. The molecule has 4 amide bonds. The molecule has 1 aromatic carbocycles. The number of carbonyl (C=O) groups is 3. The molecule has 0 radical (unpaired) electrons. The average Bonchev–Trinajstić information content (AvgIpc) is 2.97. The van der Waals surface area contributed by atoms with Crippen LogP contribution < -0.4 is 10.6 Å². The first-order chi connectivity index (χ1) is 13.8. The molecule has 1 heterocycles. The van der Waals surface area contributed by atoms with Gasteiger partial charge in [0.25, 0.3) is 5.69 Å². The number of anilines is 1. The Bertz CT molecular complexity index is 911. The Kier molecular flexibility index (Phi) is 4.60. The van der Waals surface area contributed by atoms with Crippen LogP contribution in [-0.2, 0) is 9.59 Å². The molecule has 0 unspecified atom stereocenters. The summed E-state index contributed by atoms with van der Waals surface area (Å²) in [5.41, 5.74) is 0.875. The van der Waals surface area contributed by atoms with Gasteiger partial charge in [-0.25, -0.2) is 4.79 Å². The summed E-state index contributed by atoms with van der Waals surface area (Å²) in [5.74, 6) is -0.909. The number of non-ortho nitro benzene ring substituents is 1. The molecular weight excluding hydrogens is 376 g/mol. The molecule has 152 valence electrons. The summed E-state index contributed by atoms with van der Waals surface area (Å²) in [4.78, 5) is 49.7. The van der Waals surface area contributed by atoms with Crippen LogP contribution in [0.1, 0.15) is 25.3 Å². The number of urea groups is 1. The van der Waals surface area contributed by atoms with E-state index in [0.717, 1.165) is 12.8 Å². The van der Waals surface area contributed by atoms with E-state index in [2.05, 4.69) is 10.6 Å². The highest BCUT2D eigenvalue weighted by molar-refractivity contribution is 6.06. The maximum absolute atomic E-state index is 12.9. The number of allylic oxidation sites excluding steroid dienone is 2. The van der Waals surface area contributed by atoms with Crippen molar-refractivity contribution >= 4 is 29.2 Å². The second-order valence-corrected chi connectivity index (χ2v) is 7.92. The predicted octanol–water partition coefficient (Wildman–Crippen LogP) is 2.57. The Hall–Kier alpha value is -3.23. The summed E-state index contributed by atoms with van der Waals surface area (Å²) < 4.78 is 0. The van der Waals surface area contributed by atoms with Crippen molar-refractivity contribution in [3.05, 3.63) is 46.0 Å². The number of hydrogen-bond donors (Lipinski definition) is 2. The van der Waals surface area contributed by atoms with Crippen molar-refractivity contribution < 1.29 is 19.3 Å². The number of imide groups is 1. The highest BCUT2D eigenvalue weighted by Crippen LogP contribution is 2.49. The fourth-order valence-electron chi connectivity index (χ4n) is 4.79. The number of nitro groups is 1. The number of rotatable bonds is 4. The molecule has 9 heteroatoms. The van der Waals surface area contributed by atoms with E-state index in [1.165, 1.54) is 23.1 Å². The number of benzene rings is 1. The van der Waals surface area contributed by atoms with Crippen LogP contribution in [0.2, 0.25) is 0 Å². The summed E-state index contributed by atoms with van der Waals surface area (Å²) in [6.07, 6.45) is 5.13. The third-order valence-electron chi connectivity index (χ3n) is 6.19. The molecule has 0 spiro atoms. The number of aryl methyl sites for hydroxylation is 1. The largest absolute Gasteiger partial charge is 0.320 e. The minimum Gasteiger partial charge on any atom is -0.317 e. The van der Waals surface area contributed by atoms with Gasteiger partial charge in [0.15, 0.2) is 0 Å². The van der Waals surface area contributed by atoms with E-state index < -0.39 is 17.1 Å². The van der Waals surface area contributed by atoms with E-state index in [1.54, 1.807) is 13.8 Å². The summed E-state index contributed by atoms with van der Waals surface area (Å²) in [6.45, 7) is 3.25. The third-order valence-corrected chi connectivity index (χ3v) is 6.19. The molecule has 0 aromatic heterocycles. The van der Waals surface area contributed by atoms with Gasteiger partial charge in [0, 0.05) is 17.8 Å². The quantitative estimate of drug-likeness (QED) is 0.349. The smallest absolute Gasteiger partial charge is 0.317 e. The van der Waals surface area contributed by atoms with Crippen LogP contribution in [0.3, 0.4) is 0 Å². The summed E-state index contributed by atoms with van der Waals surface area (Å²) in [6, 6.07) is 3.51. The van der Waals surface area contributed by atoms with E-state index in [4.69, 9.17) is 0 Å². The van der Waals surface area contributed by atoms with Crippen LogP contribution in [0.15, 0.2) is 30.4 Å². The zero-order valence-corrected chi connectivity index (χ0v) is 16.1. The van der Waals surface area contributed by atoms with Gasteiger partial charge < -0.3 is 10.6 Å². The molecule has 29 heavy (non-hydrogen) atoms. The molecular formula is C20H22N4O5. The van der Waals surface area contributed by atoms with Gasteiger partial charge in [-0.15, -0.1) is 0 Å². The summed E-state index contributed by atoms with van der Waals surface area (Å²) >= 11 is 0. The monoisotopic (exact) mass is 398 g/mol. The van der Waals surface area contributed by atoms with E-state index in [1.807, 2.05) is 12.2 Å². The van der Waals surface area contributed by atoms with Crippen molar-refractivity contribution in [2.24, 2.45) is 23.7 Å². The van der Waals surface area contributed by atoms with Gasteiger partial charge in [-0.05, 0) is 50.2 Å². The zero-order valence-electron chi connectivity index (χ0n) is 16.1. The fraction of sp³-hybridized carbons (Fsp3) is 0.450. The van der Waals surface area contributed by atoms with Gasteiger partial charge in [0.05, 0.1) is 16.8 Å². The maximum Gasteiger partial charge on any atom is 0.320 e. The van der Waals surface area contributed by atoms with Crippen molar-refractivity contribution in [2.45, 2.75) is 32.9 Å². The highest BCUT2D eigenvalue weighted by atomic mass is 16.6. The van der Waals surface area contributed by atoms with Crippen molar-refractivity contribution in [1.82, 2.24) is 10.2 Å². The second kappa shape index (κ2) is 6.98. The van der Waals surface area contributed by atoms with Gasteiger partial charge >= 0.3 is 6.03 Å². The van der Waals surface area contributed by atoms with Crippen molar-refractivity contribution in [3.63, 3.8) is 0 Å². The Morgan fingerprint density at radius 2 is 1.76 bits per heavy atom. The molecule has 9 nitrogen and oxygen atoms in total. The normalized spacial score (nSPS) is 28.3. The number of nitrogens with zero attached hydrogens (tertiary/aromatic N) is 2. The molecule has 5 atom stereocenters. The van der Waals surface area contributed by atoms with Gasteiger partial charge in [-0.3, -0.25) is 24.6 Å².